The summed E-state index contributed by atoms with van der Waals surface area (Å²) in [5.74, 6) is 0.393. The molecule has 1 aromatic rings. The van der Waals surface area contributed by atoms with E-state index in [-0.39, 0.29) is 5.75 Å². The van der Waals surface area contributed by atoms with Gasteiger partial charge < -0.3 is 5.32 Å². The monoisotopic (exact) mass is 307 g/mol. The Morgan fingerprint density at radius 3 is 2.71 bits per heavy atom. The molecular formula is C15H21N3O2S. The van der Waals surface area contributed by atoms with E-state index >= 15 is 0 Å². The van der Waals surface area contributed by atoms with Crippen LogP contribution in [0.15, 0.2) is 24.3 Å². The van der Waals surface area contributed by atoms with E-state index in [9.17, 15) is 8.42 Å². The summed E-state index contributed by atoms with van der Waals surface area (Å²) in [6.07, 6.45) is 1.99. The molecule has 0 spiro atoms. The molecule has 114 valence electrons. The first kappa shape index (κ1) is 16.0. The number of rotatable bonds is 5. The topological polar surface area (TPSA) is 73.2 Å². The molecule has 1 saturated heterocycles. The normalized spacial score (nSPS) is 20.1. The van der Waals surface area contributed by atoms with Gasteiger partial charge in [0, 0.05) is 13.1 Å². The van der Waals surface area contributed by atoms with E-state index in [0.29, 0.717) is 24.6 Å². The van der Waals surface area contributed by atoms with Crippen molar-refractivity contribution in [2.24, 2.45) is 5.92 Å². The Labute approximate surface area is 126 Å². The Kier molecular flexibility index (Phi) is 5.34. The second-order valence-corrected chi connectivity index (χ2v) is 7.46. The Hall–Kier alpha value is -1.42. The van der Waals surface area contributed by atoms with Crippen LogP contribution in [0.4, 0.5) is 0 Å². The molecule has 0 aliphatic carbocycles. The Bertz CT molecular complexity index is 603. The molecular weight excluding hydrogens is 286 g/mol. The Morgan fingerprint density at radius 2 is 2.10 bits per heavy atom. The summed E-state index contributed by atoms with van der Waals surface area (Å²) in [6.45, 7) is 2.06. The van der Waals surface area contributed by atoms with Crippen LogP contribution in [0.2, 0.25) is 0 Å². The van der Waals surface area contributed by atoms with Gasteiger partial charge in [-0.1, -0.05) is 12.1 Å². The molecule has 0 radical (unpaired) electrons. The fourth-order valence-electron chi connectivity index (χ4n) is 2.71. The molecule has 5 nitrogen and oxygen atoms in total. The first-order valence-corrected chi connectivity index (χ1v) is 8.77. The second kappa shape index (κ2) is 7.03. The SMILES string of the molecule is CNCC1CCCN(S(=O)(=O)Cc2ccc(C#N)cc2)C1. The lowest BCUT2D eigenvalue weighted by molar-refractivity contribution is 0.263. The third-order valence-electron chi connectivity index (χ3n) is 3.80. The molecule has 6 heteroatoms. The quantitative estimate of drug-likeness (QED) is 0.890. The van der Waals surface area contributed by atoms with Crippen LogP contribution >= 0.6 is 0 Å². The zero-order valence-corrected chi connectivity index (χ0v) is 13.1. The largest absolute Gasteiger partial charge is 0.319 e. The zero-order chi connectivity index (χ0) is 15.3. The summed E-state index contributed by atoms with van der Waals surface area (Å²) in [4.78, 5) is 0. The van der Waals surface area contributed by atoms with Crippen LogP contribution in [-0.2, 0) is 15.8 Å². The third-order valence-corrected chi connectivity index (χ3v) is 5.62. The highest BCUT2D eigenvalue weighted by molar-refractivity contribution is 7.88. The molecule has 1 aromatic carbocycles. The van der Waals surface area contributed by atoms with Crippen LogP contribution in [0.25, 0.3) is 0 Å². The number of nitrogens with one attached hydrogen (secondary N) is 1. The molecule has 0 saturated carbocycles. The first-order valence-electron chi connectivity index (χ1n) is 7.16. The van der Waals surface area contributed by atoms with Crippen molar-refractivity contribution >= 4 is 10.0 Å². The summed E-state index contributed by atoms with van der Waals surface area (Å²) in [5.41, 5.74) is 1.27. The van der Waals surface area contributed by atoms with Crippen LogP contribution in [0.3, 0.4) is 0 Å². The van der Waals surface area contributed by atoms with Gasteiger partial charge in [-0.15, -0.1) is 0 Å². The van der Waals surface area contributed by atoms with Gasteiger partial charge in [-0.05, 0) is 50.0 Å². The fourth-order valence-corrected chi connectivity index (χ4v) is 4.35. The van der Waals surface area contributed by atoms with Crippen molar-refractivity contribution in [1.82, 2.24) is 9.62 Å². The highest BCUT2D eigenvalue weighted by atomic mass is 32.2. The van der Waals surface area contributed by atoms with Crippen molar-refractivity contribution < 1.29 is 8.42 Å². The third kappa shape index (κ3) is 4.27. The minimum absolute atomic E-state index is 0.00494. The number of hydrogen-bond acceptors (Lipinski definition) is 4. The van der Waals surface area contributed by atoms with Crippen LogP contribution < -0.4 is 5.32 Å². The molecule has 1 N–H and O–H groups in total. The van der Waals surface area contributed by atoms with Crippen LogP contribution in [0.5, 0.6) is 0 Å². The molecule has 0 bridgehead atoms. The number of piperidine rings is 1. The lowest BCUT2D eigenvalue weighted by Gasteiger charge is -2.31. The lowest BCUT2D eigenvalue weighted by Crippen LogP contribution is -2.42. The number of benzene rings is 1. The van der Waals surface area contributed by atoms with E-state index in [0.717, 1.165) is 24.9 Å². The number of nitrogens with zero attached hydrogens (tertiary/aromatic N) is 2. The van der Waals surface area contributed by atoms with Crippen molar-refractivity contribution in [2.45, 2.75) is 18.6 Å². The van der Waals surface area contributed by atoms with Gasteiger partial charge >= 0.3 is 0 Å². The van der Waals surface area contributed by atoms with Crippen LogP contribution in [0.1, 0.15) is 24.0 Å². The van der Waals surface area contributed by atoms with Crippen LogP contribution in [-0.4, -0.2) is 39.4 Å². The molecule has 1 aliphatic rings. The molecule has 0 amide bonds. The maximum atomic E-state index is 12.5. The van der Waals surface area contributed by atoms with E-state index in [4.69, 9.17) is 5.26 Å². The zero-order valence-electron chi connectivity index (χ0n) is 12.2. The predicted molar refractivity (Wildman–Crippen MR) is 82.0 cm³/mol. The van der Waals surface area contributed by atoms with E-state index in [1.165, 1.54) is 0 Å². The van der Waals surface area contributed by atoms with Gasteiger partial charge in [-0.3, -0.25) is 0 Å². The Balaban J connectivity index is 2.05. The number of nitriles is 1. The minimum atomic E-state index is -3.28. The highest BCUT2D eigenvalue weighted by Crippen LogP contribution is 2.21. The van der Waals surface area contributed by atoms with Crippen molar-refractivity contribution in [1.29, 1.82) is 5.26 Å². The molecule has 0 aromatic heterocycles. The van der Waals surface area contributed by atoms with Gasteiger partial charge in [0.1, 0.15) is 0 Å². The summed E-state index contributed by atoms with van der Waals surface area (Å²) < 4.78 is 26.6. The second-order valence-electron chi connectivity index (χ2n) is 5.49. The number of sulfonamides is 1. The molecule has 1 atom stereocenters. The molecule has 1 fully saturated rings. The van der Waals surface area contributed by atoms with Gasteiger partial charge in [0.05, 0.1) is 17.4 Å². The van der Waals surface area contributed by atoms with E-state index in [1.54, 1.807) is 28.6 Å². The summed E-state index contributed by atoms with van der Waals surface area (Å²) >= 11 is 0. The van der Waals surface area contributed by atoms with Gasteiger partial charge in [0.2, 0.25) is 10.0 Å². The minimum Gasteiger partial charge on any atom is -0.319 e. The highest BCUT2D eigenvalue weighted by Gasteiger charge is 2.28. The smallest absolute Gasteiger partial charge is 0.218 e. The summed E-state index contributed by atoms with van der Waals surface area (Å²) in [5, 5.41) is 11.9. The predicted octanol–water partition coefficient (Wildman–Crippen LogP) is 1.32. The van der Waals surface area contributed by atoms with Gasteiger partial charge in [0.25, 0.3) is 0 Å². The summed E-state index contributed by atoms with van der Waals surface area (Å²) in [6, 6.07) is 8.78. The first-order chi connectivity index (χ1) is 10.0. The summed E-state index contributed by atoms with van der Waals surface area (Å²) in [7, 11) is -1.39. The standard InChI is InChI=1S/C15H21N3O2S/c1-17-10-15-3-2-8-18(11-15)21(19,20)12-14-6-4-13(9-16)5-7-14/h4-7,15,17H,2-3,8,10-12H2,1H3. The van der Waals surface area contributed by atoms with E-state index in [2.05, 4.69) is 5.32 Å². The molecule has 1 heterocycles. The molecule has 21 heavy (non-hydrogen) atoms. The van der Waals surface area contributed by atoms with E-state index in [1.807, 2.05) is 13.1 Å². The van der Waals surface area contributed by atoms with Gasteiger partial charge in [-0.25, -0.2) is 12.7 Å². The van der Waals surface area contributed by atoms with Crippen molar-refractivity contribution in [3.63, 3.8) is 0 Å². The lowest BCUT2D eigenvalue weighted by atomic mass is 10.00. The number of hydrogen-bond donors (Lipinski definition) is 1. The van der Waals surface area contributed by atoms with Crippen molar-refractivity contribution in [3.8, 4) is 6.07 Å². The van der Waals surface area contributed by atoms with Gasteiger partial charge in [0.15, 0.2) is 0 Å². The maximum absolute atomic E-state index is 12.5. The molecule has 2 rings (SSSR count). The van der Waals surface area contributed by atoms with Gasteiger partial charge in [-0.2, -0.15) is 5.26 Å². The average molecular weight is 307 g/mol. The maximum Gasteiger partial charge on any atom is 0.218 e. The van der Waals surface area contributed by atoms with Crippen LogP contribution in [0, 0.1) is 17.2 Å². The Morgan fingerprint density at radius 1 is 1.38 bits per heavy atom. The van der Waals surface area contributed by atoms with Crippen molar-refractivity contribution in [3.05, 3.63) is 35.4 Å². The average Bonchev–Trinajstić information content (AvgIpc) is 2.48. The van der Waals surface area contributed by atoms with E-state index < -0.39 is 10.0 Å². The molecule has 1 unspecified atom stereocenters. The van der Waals surface area contributed by atoms with Crippen molar-refractivity contribution in [2.75, 3.05) is 26.7 Å². The molecule has 1 aliphatic heterocycles. The fraction of sp³-hybridized carbons (Fsp3) is 0.533.